The van der Waals surface area contributed by atoms with Crippen LogP contribution in [0.15, 0.2) is 24.3 Å². The van der Waals surface area contributed by atoms with E-state index >= 15 is 0 Å². The molecule has 0 aliphatic carbocycles. The first-order valence-electron chi connectivity index (χ1n) is 9.67. The second-order valence-corrected chi connectivity index (χ2v) is 7.57. The molecular weight excluding hydrogens is 333 g/mol. The summed E-state index contributed by atoms with van der Waals surface area (Å²) in [6, 6.07) is 8.27. The number of benzene rings is 1. The van der Waals surface area contributed by atoms with Crippen LogP contribution in [0.2, 0.25) is 0 Å². The van der Waals surface area contributed by atoms with E-state index < -0.39 is 5.67 Å². The van der Waals surface area contributed by atoms with Gasteiger partial charge in [0.05, 0.1) is 0 Å². The lowest BCUT2D eigenvalue weighted by Gasteiger charge is -2.31. The van der Waals surface area contributed by atoms with Crippen molar-refractivity contribution < 1.29 is 13.9 Å². The Balaban J connectivity index is 1.43. The molecule has 6 heteroatoms. The minimum absolute atomic E-state index is 0.257. The van der Waals surface area contributed by atoms with Crippen molar-refractivity contribution in [3.05, 3.63) is 35.4 Å². The summed E-state index contributed by atoms with van der Waals surface area (Å²) < 4.78 is 20.1. The van der Waals surface area contributed by atoms with Gasteiger partial charge in [0.1, 0.15) is 12.3 Å². The smallest absolute Gasteiger partial charge is 0.410 e. The molecule has 1 aromatic carbocycles. The minimum Gasteiger partial charge on any atom is -0.445 e. The zero-order valence-electron chi connectivity index (χ0n) is 15.6. The molecule has 1 amide bonds. The number of carbonyl (C=O) groups excluding carboxylic acids is 1. The molecular formula is C20H30FN3O2. The topological polar surface area (TPSA) is 53.6 Å². The molecule has 3 rings (SSSR count). The highest BCUT2D eigenvalue weighted by Gasteiger charge is 2.30. The quantitative estimate of drug-likeness (QED) is 0.844. The number of piperidine rings is 1. The van der Waals surface area contributed by atoms with Gasteiger partial charge in [0.15, 0.2) is 0 Å². The molecule has 5 nitrogen and oxygen atoms in total. The van der Waals surface area contributed by atoms with Crippen molar-refractivity contribution in [3.63, 3.8) is 0 Å². The van der Waals surface area contributed by atoms with Gasteiger partial charge < -0.3 is 20.3 Å². The Labute approximate surface area is 155 Å². The lowest BCUT2D eigenvalue weighted by molar-refractivity contribution is 0.0862. The number of ether oxygens (including phenoxy) is 1. The monoisotopic (exact) mass is 363 g/mol. The van der Waals surface area contributed by atoms with Gasteiger partial charge in [-0.1, -0.05) is 24.3 Å². The molecule has 0 aromatic heterocycles. The standard InChI is InChI=1S/C20H30FN3O2/c1-16-14-24(13-12-23-16)19(25)26-15-18-4-2-17(3-5-18)6-7-20(21)8-10-22-11-9-20/h2-5,16,22-23H,6-15H2,1H3/t16-/m0/s1. The van der Waals surface area contributed by atoms with Crippen molar-refractivity contribution in [3.8, 4) is 0 Å². The Hall–Kier alpha value is -1.66. The number of hydrogen-bond donors (Lipinski definition) is 2. The summed E-state index contributed by atoms with van der Waals surface area (Å²) in [5, 5.41) is 6.51. The predicted octanol–water partition coefficient (Wildman–Crippen LogP) is 2.64. The first-order chi connectivity index (χ1) is 12.5. The highest BCUT2D eigenvalue weighted by molar-refractivity contribution is 5.67. The SMILES string of the molecule is C[C@H]1CN(C(=O)OCc2ccc(CCC3(F)CCNCC3)cc2)CCN1. The van der Waals surface area contributed by atoms with E-state index in [9.17, 15) is 9.18 Å². The van der Waals surface area contributed by atoms with Gasteiger partial charge in [-0.15, -0.1) is 0 Å². The first-order valence-corrected chi connectivity index (χ1v) is 9.67. The number of hydrogen-bond acceptors (Lipinski definition) is 4. The zero-order chi connectivity index (χ0) is 18.4. The van der Waals surface area contributed by atoms with Gasteiger partial charge in [0, 0.05) is 25.7 Å². The van der Waals surface area contributed by atoms with E-state index in [2.05, 4.69) is 17.6 Å². The number of nitrogens with one attached hydrogen (secondary N) is 2. The maximum absolute atomic E-state index is 14.6. The largest absolute Gasteiger partial charge is 0.445 e. The van der Waals surface area contributed by atoms with Crippen LogP contribution in [0.1, 0.15) is 37.3 Å². The molecule has 0 saturated carbocycles. The van der Waals surface area contributed by atoms with Gasteiger partial charge in [0.2, 0.25) is 0 Å². The highest BCUT2D eigenvalue weighted by Crippen LogP contribution is 2.28. The Morgan fingerprint density at radius 3 is 2.62 bits per heavy atom. The van der Waals surface area contributed by atoms with Gasteiger partial charge in [-0.25, -0.2) is 9.18 Å². The number of alkyl halides is 1. The number of halogens is 1. The fourth-order valence-electron chi connectivity index (χ4n) is 3.63. The highest BCUT2D eigenvalue weighted by atomic mass is 19.1. The molecule has 2 fully saturated rings. The second-order valence-electron chi connectivity index (χ2n) is 7.57. The predicted molar refractivity (Wildman–Crippen MR) is 99.9 cm³/mol. The average Bonchev–Trinajstić information content (AvgIpc) is 2.66. The van der Waals surface area contributed by atoms with Crippen molar-refractivity contribution in [1.82, 2.24) is 15.5 Å². The average molecular weight is 363 g/mol. The molecule has 1 atom stereocenters. The van der Waals surface area contributed by atoms with Gasteiger partial charge in [-0.3, -0.25) is 0 Å². The number of amides is 1. The minimum atomic E-state index is -1.03. The van der Waals surface area contributed by atoms with Crippen LogP contribution in [-0.2, 0) is 17.8 Å². The Morgan fingerprint density at radius 1 is 1.23 bits per heavy atom. The molecule has 0 radical (unpaired) electrons. The van der Waals surface area contributed by atoms with Crippen LogP contribution < -0.4 is 10.6 Å². The maximum atomic E-state index is 14.6. The van der Waals surface area contributed by atoms with Crippen molar-refractivity contribution in [1.29, 1.82) is 0 Å². The summed E-state index contributed by atoms with van der Waals surface area (Å²) in [7, 11) is 0. The molecule has 2 aliphatic heterocycles. The van der Waals surface area contributed by atoms with Crippen LogP contribution >= 0.6 is 0 Å². The van der Waals surface area contributed by atoms with Crippen molar-refractivity contribution in [2.45, 2.75) is 50.9 Å². The number of rotatable bonds is 5. The van der Waals surface area contributed by atoms with Crippen LogP contribution in [0, 0.1) is 0 Å². The van der Waals surface area contributed by atoms with Crippen LogP contribution in [0.3, 0.4) is 0 Å². The van der Waals surface area contributed by atoms with E-state index in [1.165, 1.54) is 0 Å². The second kappa shape index (κ2) is 8.82. The van der Waals surface area contributed by atoms with E-state index in [1.54, 1.807) is 4.90 Å². The van der Waals surface area contributed by atoms with Crippen LogP contribution in [0.25, 0.3) is 0 Å². The van der Waals surface area contributed by atoms with Crippen LogP contribution in [0.4, 0.5) is 9.18 Å². The molecule has 0 bridgehead atoms. The number of nitrogens with zero attached hydrogens (tertiary/aromatic N) is 1. The summed E-state index contributed by atoms with van der Waals surface area (Å²) in [5.74, 6) is 0. The summed E-state index contributed by atoms with van der Waals surface area (Å²) in [6.07, 6.45) is 2.27. The van der Waals surface area contributed by atoms with Crippen molar-refractivity contribution in [2.75, 3.05) is 32.7 Å². The molecule has 2 aliphatic rings. The molecule has 26 heavy (non-hydrogen) atoms. The Bertz CT molecular complexity index is 587. The lowest BCUT2D eigenvalue weighted by atomic mass is 9.88. The fraction of sp³-hybridized carbons (Fsp3) is 0.650. The lowest BCUT2D eigenvalue weighted by Crippen LogP contribution is -2.51. The first kappa shape index (κ1) is 19.1. The summed E-state index contributed by atoms with van der Waals surface area (Å²) >= 11 is 0. The summed E-state index contributed by atoms with van der Waals surface area (Å²) in [5.41, 5.74) is 1.06. The molecule has 2 N–H and O–H groups in total. The van der Waals surface area contributed by atoms with E-state index in [0.29, 0.717) is 38.4 Å². The fourth-order valence-corrected chi connectivity index (χ4v) is 3.63. The van der Waals surface area contributed by atoms with Gasteiger partial charge in [0.25, 0.3) is 0 Å². The summed E-state index contributed by atoms with van der Waals surface area (Å²) in [6.45, 7) is 6.04. The molecule has 2 saturated heterocycles. The third-order valence-corrected chi connectivity index (χ3v) is 5.37. The molecule has 144 valence electrons. The normalized spacial score (nSPS) is 22.8. The van der Waals surface area contributed by atoms with Gasteiger partial charge in [-0.2, -0.15) is 0 Å². The third kappa shape index (κ3) is 5.42. The van der Waals surface area contributed by atoms with E-state index in [1.807, 2.05) is 24.3 Å². The molecule has 1 aromatic rings. The molecule has 2 heterocycles. The van der Waals surface area contributed by atoms with Crippen molar-refractivity contribution in [2.24, 2.45) is 0 Å². The van der Waals surface area contributed by atoms with Crippen molar-refractivity contribution >= 4 is 6.09 Å². The zero-order valence-corrected chi connectivity index (χ0v) is 15.6. The number of aryl methyl sites for hydroxylation is 1. The Morgan fingerprint density at radius 2 is 1.92 bits per heavy atom. The van der Waals surface area contributed by atoms with Crippen LogP contribution in [0.5, 0.6) is 0 Å². The third-order valence-electron chi connectivity index (χ3n) is 5.37. The maximum Gasteiger partial charge on any atom is 0.410 e. The van der Waals surface area contributed by atoms with E-state index in [-0.39, 0.29) is 12.7 Å². The van der Waals surface area contributed by atoms with E-state index in [4.69, 9.17) is 4.74 Å². The summed E-state index contributed by atoms with van der Waals surface area (Å²) in [4.78, 5) is 13.9. The Kier molecular flexibility index (Phi) is 6.48. The molecule has 0 spiro atoms. The van der Waals surface area contributed by atoms with E-state index in [0.717, 1.165) is 37.2 Å². The number of carbonyl (C=O) groups is 1. The van der Waals surface area contributed by atoms with Gasteiger partial charge >= 0.3 is 6.09 Å². The molecule has 0 unspecified atom stereocenters. The number of piperazine rings is 1. The van der Waals surface area contributed by atoms with Crippen LogP contribution in [-0.4, -0.2) is 55.4 Å². The van der Waals surface area contributed by atoms with Gasteiger partial charge in [-0.05, 0) is 56.8 Å².